The van der Waals surface area contributed by atoms with E-state index >= 15 is 0 Å². The van der Waals surface area contributed by atoms with E-state index in [1.165, 1.54) is 0 Å². The third-order valence-electron chi connectivity index (χ3n) is 5.03. The summed E-state index contributed by atoms with van der Waals surface area (Å²) in [6.07, 6.45) is 6.70. The van der Waals surface area contributed by atoms with Gasteiger partial charge in [-0.15, -0.1) is 0 Å². The molecule has 2 aliphatic rings. The average molecular weight is 331 g/mol. The zero-order valence-electron chi connectivity index (χ0n) is 14.0. The molecule has 6 heteroatoms. The summed E-state index contributed by atoms with van der Waals surface area (Å²) < 4.78 is 0. The summed E-state index contributed by atoms with van der Waals surface area (Å²) in [4.78, 5) is 41.7. The highest BCUT2D eigenvalue weighted by Gasteiger charge is 2.27. The van der Waals surface area contributed by atoms with Crippen LogP contribution in [0.2, 0.25) is 0 Å². The Bertz CT molecular complexity index is 635. The first-order valence-corrected chi connectivity index (χ1v) is 8.85. The molecule has 2 aliphatic heterocycles. The molecule has 3 rings (SSSR count). The van der Waals surface area contributed by atoms with Crippen molar-refractivity contribution in [2.75, 3.05) is 26.2 Å². The first-order valence-electron chi connectivity index (χ1n) is 8.85. The molecule has 2 saturated heterocycles. The molecule has 24 heavy (non-hydrogen) atoms. The average Bonchev–Trinajstić information content (AvgIpc) is 3.05. The number of amides is 2. The van der Waals surface area contributed by atoms with Gasteiger partial charge in [-0.1, -0.05) is 6.07 Å². The molecule has 2 amide bonds. The lowest BCUT2D eigenvalue weighted by Crippen LogP contribution is -2.39. The van der Waals surface area contributed by atoms with Crippen LogP contribution in [0.3, 0.4) is 0 Å². The number of carbonyl (C=O) groups is 2. The summed E-state index contributed by atoms with van der Waals surface area (Å²) in [7, 11) is 0. The minimum Gasteiger partial charge on any atom is -0.342 e. The Balaban J connectivity index is 1.44. The van der Waals surface area contributed by atoms with Gasteiger partial charge in [-0.2, -0.15) is 0 Å². The molecule has 0 aromatic carbocycles. The monoisotopic (exact) mass is 331 g/mol. The van der Waals surface area contributed by atoms with Gasteiger partial charge in [0.05, 0.1) is 0 Å². The Morgan fingerprint density at radius 1 is 1.21 bits per heavy atom. The van der Waals surface area contributed by atoms with Gasteiger partial charge in [0.2, 0.25) is 17.4 Å². The molecular weight excluding hydrogens is 306 g/mol. The Labute approximate surface area is 141 Å². The number of nitrogens with zero attached hydrogens (tertiary/aromatic N) is 2. The van der Waals surface area contributed by atoms with Gasteiger partial charge in [-0.05, 0) is 37.2 Å². The van der Waals surface area contributed by atoms with Gasteiger partial charge >= 0.3 is 0 Å². The van der Waals surface area contributed by atoms with Crippen molar-refractivity contribution >= 4 is 11.8 Å². The standard InChI is InChI=1S/C18H25N3O3/c22-16-5-4-14(12-19-16)11-15-6-9-21(13-15)18(24)7-10-20-8-2-1-3-17(20)23/h4-5,12,15H,1-3,6-11,13H2,(H,19,22)/t15-/m1/s1. The summed E-state index contributed by atoms with van der Waals surface area (Å²) >= 11 is 0. The van der Waals surface area contributed by atoms with Crippen molar-refractivity contribution in [3.8, 4) is 0 Å². The highest BCUT2D eigenvalue weighted by atomic mass is 16.2. The van der Waals surface area contributed by atoms with Gasteiger partial charge in [-0.25, -0.2) is 0 Å². The molecular formula is C18H25N3O3. The zero-order chi connectivity index (χ0) is 16.9. The van der Waals surface area contributed by atoms with E-state index in [0.717, 1.165) is 50.9 Å². The first kappa shape index (κ1) is 16.7. The maximum absolute atomic E-state index is 12.4. The van der Waals surface area contributed by atoms with Gasteiger partial charge < -0.3 is 14.8 Å². The second-order valence-electron chi connectivity index (χ2n) is 6.85. The number of hydrogen-bond acceptors (Lipinski definition) is 3. The predicted molar refractivity (Wildman–Crippen MR) is 90.5 cm³/mol. The second-order valence-corrected chi connectivity index (χ2v) is 6.85. The smallest absolute Gasteiger partial charge is 0.247 e. The first-order chi connectivity index (χ1) is 11.6. The molecule has 0 unspecified atom stereocenters. The molecule has 0 bridgehead atoms. The topological polar surface area (TPSA) is 73.5 Å². The Morgan fingerprint density at radius 3 is 2.83 bits per heavy atom. The van der Waals surface area contributed by atoms with Crippen LogP contribution < -0.4 is 5.56 Å². The van der Waals surface area contributed by atoms with E-state index in [9.17, 15) is 14.4 Å². The molecule has 130 valence electrons. The Kier molecular flexibility index (Phi) is 5.33. The van der Waals surface area contributed by atoms with Crippen LogP contribution in [0.5, 0.6) is 0 Å². The van der Waals surface area contributed by atoms with Crippen molar-refractivity contribution in [1.29, 1.82) is 0 Å². The fraction of sp³-hybridized carbons (Fsp3) is 0.611. The van der Waals surface area contributed by atoms with E-state index in [0.29, 0.717) is 25.3 Å². The maximum atomic E-state index is 12.4. The van der Waals surface area contributed by atoms with Crippen molar-refractivity contribution in [3.05, 3.63) is 34.2 Å². The van der Waals surface area contributed by atoms with Gasteiger partial charge in [0.1, 0.15) is 0 Å². The van der Waals surface area contributed by atoms with Crippen LogP contribution in [0, 0.1) is 5.92 Å². The molecule has 0 aliphatic carbocycles. The number of hydrogen-bond donors (Lipinski definition) is 1. The highest BCUT2D eigenvalue weighted by Crippen LogP contribution is 2.21. The lowest BCUT2D eigenvalue weighted by Gasteiger charge is -2.27. The minimum atomic E-state index is -0.0887. The largest absolute Gasteiger partial charge is 0.342 e. The normalized spacial score (nSPS) is 21.3. The lowest BCUT2D eigenvalue weighted by atomic mass is 10.00. The van der Waals surface area contributed by atoms with E-state index in [1.54, 1.807) is 12.3 Å². The summed E-state index contributed by atoms with van der Waals surface area (Å²) in [6, 6.07) is 3.40. The van der Waals surface area contributed by atoms with Gasteiger partial charge in [-0.3, -0.25) is 14.4 Å². The van der Waals surface area contributed by atoms with Crippen molar-refractivity contribution in [2.45, 2.75) is 38.5 Å². The van der Waals surface area contributed by atoms with Crippen molar-refractivity contribution in [3.63, 3.8) is 0 Å². The fourth-order valence-corrected chi connectivity index (χ4v) is 3.62. The Hall–Kier alpha value is -2.11. The minimum absolute atomic E-state index is 0.0887. The van der Waals surface area contributed by atoms with Crippen LogP contribution >= 0.6 is 0 Å². The number of rotatable bonds is 5. The van der Waals surface area contributed by atoms with Crippen LogP contribution in [0.25, 0.3) is 0 Å². The molecule has 0 radical (unpaired) electrons. The SMILES string of the molecule is O=C1CCCCN1CCC(=O)N1CC[C@H](Cc2ccc(=O)[nH]c2)C1. The number of aromatic nitrogens is 1. The van der Waals surface area contributed by atoms with Crippen LogP contribution in [0.4, 0.5) is 0 Å². The quantitative estimate of drug-likeness (QED) is 0.880. The molecule has 1 aromatic rings. The lowest BCUT2D eigenvalue weighted by molar-refractivity contribution is -0.135. The number of aromatic amines is 1. The van der Waals surface area contributed by atoms with E-state index < -0.39 is 0 Å². The molecule has 1 aromatic heterocycles. The second kappa shape index (κ2) is 7.64. The summed E-state index contributed by atoms with van der Waals surface area (Å²) in [5, 5.41) is 0. The predicted octanol–water partition coefficient (Wildman–Crippen LogP) is 1.17. The number of pyridine rings is 1. The summed E-state index contributed by atoms with van der Waals surface area (Å²) in [5.41, 5.74) is 1.02. The van der Waals surface area contributed by atoms with Crippen molar-refractivity contribution in [1.82, 2.24) is 14.8 Å². The zero-order valence-corrected chi connectivity index (χ0v) is 14.0. The number of likely N-dealkylation sites (tertiary alicyclic amines) is 2. The molecule has 0 spiro atoms. The van der Waals surface area contributed by atoms with Crippen LogP contribution in [-0.2, 0) is 16.0 Å². The highest BCUT2D eigenvalue weighted by molar-refractivity contribution is 5.79. The molecule has 1 N–H and O–H groups in total. The van der Waals surface area contributed by atoms with Crippen molar-refractivity contribution in [2.24, 2.45) is 5.92 Å². The number of H-pyrrole nitrogens is 1. The molecule has 1 atom stereocenters. The van der Waals surface area contributed by atoms with Crippen LogP contribution in [0.15, 0.2) is 23.1 Å². The molecule has 0 saturated carbocycles. The summed E-state index contributed by atoms with van der Waals surface area (Å²) in [5.74, 6) is 0.778. The van der Waals surface area contributed by atoms with E-state index in [4.69, 9.17) is 0 Å². The molecule has 6 nitrogen and oxygen atoms in total. The van der Waals surface area contributed by atoms with E-state index in [2.05, 4.69) is 4.98 Å². The van der Waals surface area contributed by atoms with Crippen molar-refractivity contribution < 1.29 is 9.59 Å². The number of piperidine rings is 1. The molecule has 3 heterocycles. The third-order valence-corrected chi connectivity index (χ3v) is 5.03. The maximum Gasteiger partial charge on any atom is 0.247 e. The van der Waals surface area contributed by atoms with Gasteiger partial charge in [0, 0.05) is 51.3 Å². The van der Waals surface area contributed by atoms with E-state index in [-0.39, 0.29) is 17.4 Å². The van der Waals surface area contributed by atoms with Crippen LogP contribution in [0.1, 0.15) is 37.7 Å². The summed E-state index contributed by atoms with van der Waals surface area (Å²) in [6.45, 7) is 2.91. The number of nitrogens with one attached hydrogen (secondary N) is 1. The third kappa shape index (κ3) is 4.24. The van der Waals surface area contributed by atoms with Gasteiger partial charge in [0.25, 0.3) is 0 Å². The number of carbonyl (C=O) groups excluding carboxylic acids is 2. The van der Waals surface area contributed by atoms with Crippen LogP contribution in [-0.4, -0.2) is 52.8 Å². The van der Waals surface area contributed by atoms with E-state index in [1.807, 2.05) is 15.9 Å². The molecule has 2 fully saturated rings. The Morgan fingerprint density at radius 2 is 2.08 bits per heavy atom. The van der Waals surface area contributed by atoms with Gasteiger partial charge in [0.15, 0.2) is 0 Å². The fourth-order valence-electron chi connectivity index (χ4n) is 3.62.